The van der Waals surface area contributed by atoms with Gasteiger partial charge in [0.25, 0.3) is 10.0 Å². The first-order valence-corrected chi connectivity index (χ1v) is 7.42. The van der Waals surface area contributed by atoms with E-state index in [2.05, 4.69) is 4.74 Å². The zero-order valence-electron chi connectivity index (χ0n) is 11.1. The van der Waals surface area contributed by atoms with Crippen molar-refractivity contribution in [2.45, 2.75) is 11.3 Å². The van der Waals surface area contributed by atoms with Crippen LogP contribution in [0, 0.1) is 5.82 Å². The Labute approximate surface area is 128 Å². The van der Waals surface area contributed by atoms with Crippen molar-refractivity contribution in [2.24, 2.45) is 0 Å². The lowest BCUT2D eigenvalue weighted by Crippen LogP contribution is -2.17. The van der Waals surface area contributed by atoms with Gasteiger partial charge in [0.1, 0.15) is 11.5 Å². The molecule has 0 fully saturated rings. The third kappa shape index (κ3) is 4.49. The molecule has 10 heteroatoms. The number of halogens is 4. The van der Waals surface area contributed by atoms with Crippen molar-refractivity contribution in [3.8, 4) is 11.5 Å². The van der Waals surface area contributed by atoms with Gasteiger partial charge in [-0.3, -0.25) is 4.72 Å². The van der Waals surface area contributed by atoms with Crippen LogP contribution in [-0.4, -0.2) is 19.9 Å². The molecule has 0 unspecified atom stereocenters. The van der Waals surface area contributed by atoms with Crippen LogP contribution in [0.3, 0.4) is 0 Å². The predicted octanol–water partition coefficient (Wildman–Crippen LogP) is 3.23. The van der Waals surface area contributed by atoms with E-state index in [0.29, 0.717) is 6.07 Å². The SMILES string of the molecule is O=S(=O)(Nc1ccc(O)cc1F)c1ccc(OC(F)(F)F)cc1. The first kappa shape index (κ1) is 16.9. The average Bonchev–Trinajstić information content (AvgIpc) is 2.41. The second-order valence-corrected chi connectivity index (χ2v) is 5.97. The molecule has 0 amide bonds. The molecule has 5 nitrogen and oxygen atoms in total. The third-order valence-electron chi connectivity index (χ3n) is 2.56. The Morgan fingerprint density at radius 1 is 1.04 bits per heavy atom. The molecular formula is C13H9F4NO4S. The molecule has 0 saturated heterocycles. The van der Waals surface area contributed by atoms with E-state index in [0.717, 1.165) is 36.4 Å². The maximum Gasteiger partial charge on any atom is 0.573 e. The summed E-state index contributed by atoms with van der Waals surface area (Å²) in [6.07, 6.45) is -4.90. The fourth-order valence-electron chi connectivity index (χ4n) is 1.61. The molecule has 0 atom stereocenters. The molecule has 124 valence electrons. The minimum absolute atomic E-state index is 0.389. The maximum absolute atomic E-state index is 13.5. The molecule has 2 N–H and O–H groups in total. The molecule has 0 aliphatic rings. The van der Waals surface area contributed by atoms with Gasteiger partial charge < -0.3 is 9.84 Å². The number of aromatic hydroxyl groups is 1. The lowest BCUT2D eigenvalue weighted by atomic mass is 10.3. The molecule has 0 bridgehead atoms. The van der Waals surface area contributed by atoms with Gasteiger partial charge in [0.05, 0.1) is 10.6 Å². The van der Waals surface area contributed by atoms with E-state index in [1.54, 1.807) is 0 Å². The van der Waals surface area contributed by atoms with Crippen LogP contribution >= 0.6 is 0 Å². The van der Waals surface area contributed by atoms with Gasteiger partial charge in [-0.25, -0.2) is 12.8 Å². The van der Waals surface area contributed by atoms with Gasteiger partial charge in [0.2, 0.25) is 0 Å². The number of nitrogens with one attached hydrogen (secondary N) is 1. The summed E-state index contributed by atoms with van der Waals surface area (Å²) >= 11 is 0. The van der Waals surface area contributed by atoms with Gasteiger partial charge in [0, 0.05) is 6.07 Å². The topological polar surface area (TPSA) is 75.6 Å². The highest BCUT2D eigenvalue weighted by Gasteiger charge is 2.31. The van der Waals surface area contributed by atoms with E-state index in [1.807, 2.05) is 4.72 Å². The number of hydrogen-bond acceptors (Lipinski definition) is 4. The van der Waals surface area contributed by atoms with Crippen LogP contribution in [0.4, 0.5) is 23.2 Å². The summed E-state index contributed by atoms with van der Waals surface area (Å²) in [5.74, 6) is -1.99. The minimum Gasteiger partial charge on any atom is -0.508 e. The van der Waals surface area contributed by atoms with Crippen molar-refractivity contribution in [1.29, 1.82) is 0 Å². The summed E-state index contributed by atoms with van der Waals surface area (Å²) in [6, 6.07) is 6.16. The largest absolute Gasteiger partial charge is 0.573 e. The first-order chi connectivity index (χ1) is 10.6. The summed E-state index contributed by atoms with van der Waals surface area (Å²) in [5.41, 5.74) is -0.418. The lowest BCUT2D eigenvalue weighted by molar-refractivity contribution is -0.274. The summed E-state index contributed by atoms with van der Waals surface area (Å²) in [5, 5.41) is 9.05. The number of phenols is 1. The van der Waals surface area contributed by atoms with E-state index >= 15 is 0 Å². The summed E-state index contributed by atoms with van der Waals surface area (Å²) in [7, 11) is -4.22. The van der Waals surface area contributed by atoms with Crippen LogP contribution in [0.5, 0.6) is 11.5 Å². The summed E-state index contributed by atoms with van der Waals surface area (Å²) in [4.78, 5) is -0.389. The van der Waals surface area contributed by atoms with E-state index < -0.39 is 33.6 Å². The average molecular weight is 351 g/mol. The van der Waals surface area contributed by atoms with E-state index in [-0.39, 0.29) is 10.6 Å². The minimum atomic E-state index is -4.90. The number of sulfonamides is 1. The van der Waals surface area contributed by atoms with Crippen LogP contribution in [-0.2, 0) is 10.0 Å². The maximum atomic E-state index is 13.5. The number of ether oxygens (including phenoxy) is 1. The Bertz CT molecular complexity index is 804. The van der Waals surface area contributed by atoms with Gasteiger partial charge in [-0.2, -0.15) is 0 Å². The zero-order chi connectivity index (χ0) is 17.3. The Morgan fingerprint density at radius 2 is 1.65 bits per heavy atom. The van der Waals surface area contributed by atoms with Gasteiger partial charge >= 0.3 is 6.36 Å². The van der Waals surface area contributed by atoms with E-state index in [9.17, 15) is 26.0 Å². The highest BCUT2D eigenvalue weighted by molar-refractivity contribution is 7.92. The molecule has 0 saturated carbocycles. The Hall–Kier alpha value is -2.49. The molecule has 2 rings (SSSR count). The second kappa shape index (κ2) is 5.95. The third-order valence-corrected chi connectivity index (χ3v) is 3.95. The summed E-state index contributed by atoms with van der Waals surface area (Å²) in [6.45, 7) is 0. The molecule has 2 aromatic carbocycles. The monoisotopic (exact) mass is 351 g/mol. The first-order valence-electron chi connectivity index (χ1n) is 5.94. The van der Waals surface area contributed by atoms with Crippen molar-refractivity contribution < 1.29 is 35.8 Å². The number of alkyl halides is 3. The summed E-state index contributed by atoms with van der Waals surface area (Å²) < 4.78 is 79.2. The normalized spacial score (nSPS) is 12.0. The van der Waals surface area contributed by atoms with E-state index in [1.165, 1.54) is 0 Å². The smallest absolute Gasteiger partial charge is 0.508 e. The van der Waals surface area contributed by atoms with Gasteiger partial charge in [-0.15, -0.1) is 13.2 Å². The van der Waals surface area contributed by atoms with Crippen molar-refractivity contribution in [3.05, 3.63) is 48.3 Å². The molecule has 0 spiro atoms. The quantitative estimate of drug-likeness (QED) is 0.655. The highest BCUT2D eigenvalue weighted by Crippen LogP contribution is 2.26. The number of rotatable bonds is 4. The molecule has 0 heterocycles. The standard InChI is InChI=1S/C13H9F4NO4S/c14-11-7-8(19)1-6-12(11)18-23(20,21)10-4-2-9(3-5-10)22-13(15,16)17/h1-7,18-19H. The van der Waals surface area contributed by atoms with Crippen LogP contribution in [0.25, 0.3) is 0 Å². The van der Waals surface area contributed by atoms with E-state index in [4.69, 9.17) is 5.11 Å². The van der Waals surface area contributed by atoms with Gasteiger partial charge in [-0.05, 0) is 36.4 Å². The Morgan fingerprint density at radius 3 is 2.17 bits per heavy atom. The van der Waals surface area contributed by atoms with Crippen LogP contribution in [0.1, 0.15) is 0 Å². The highest BCUT2D eigenvalue weighted by atomic mass is 32.2. The Kier molecular flexibility index (Phi) is 4.37. The molecular weight excluding hydrogens is 342 g/mol. The van der Waals surface area contributed by atoms with Crippen molar-refractivity contribution in [2.75, 3.05) is 4.72 Å². The molecule has 0 radical (unpaired) electrons. The van der Waals surface area contributed by atoms with Crippen molar-refractivity contribution in [1.82, 2.24) is 0 Å². The van der Waals surface area contributed by atoms with Crippen molar-refractivity contribution >= 4 is 15.7 Å². The van der Waals surface area contributed by atoms with Gasteiger partial charge in [-0.1, -0.05) is 0 Å². The lowest BCUT2D eigenvalue weighted by Gasteiger charge is -2.11. The number of anilines is 1. The number of phenolic OH excluding ortho intramolecular Hbond substituents is 1. The number of hydrogen-bond donors (Lipinski definition) is 2. The fourth-order valence-corrected chi connectivity index (χ4v) is 2.68. The van der Waals surface area contributed by atoms with Crippen molar-refractivity contribution in [3.63, 3.8) is 0 Å². The molecule has 0 aromatic heterocycles. The molecule has 2 aromatic rings. The van der Waals surface area contributed by atoms with Crippen LogP contribution in [0.15, 0.2) is 47.4 Å². The zero-order valence-corrected chi connectivity index (χ0v) is 12.0. The molecule has 0 aliphatic carbocycles. The van der Waals surface area contributed by atoms with Crippen LogP contribution in [0.2, 0.25) is 0 Å². The predicted molar refractivity (Wildman–Crippen MR) is 72.0 cm³/mol. The Balaban J connectivity index is 2.22. The van der Waals surface area contributed by atoms with Gasteiger partial charge in [0.15, 0.2) is 5.82 Å². The number of benzene rings is 2. The fraction of sp³-hybridized carbons (Fsp3) is 0.0769. The van der Waals surface area contributed by atoms with Crippen LogP contribution < -0.4 is 9.46 Å². The molecule has 0 aliphatic heterocycles. The second-order valence-electron chi connectivity index (χ2n) is 4.29. The molecule has 23 heavy (non-hydrogen) atoms.